The number of anilines is 1. The van der Waals surface area contributed by atoms with Crippen LogP contribution in [0.25, 0.3) is 10.9 Å². The van der Waals surface area contributed by atoms with Crippen LogP contribution < -0.4 is 4.90 Å². The second kappa shape index (κ2) is 4.25. The number of nitrogens with zero attached hydrogens (tertiary/aromatic N) is 2. The Labute approximate surface area is 105 Å². The van der Waals surface area contributed by atoms with E-state index >= 15 is 0 Å². The summed E-state index contributed by atoms with van der Waals surface area (Å²) in [4.78, 5) is 17.7. The van der Waals surface area contributed by atoms with Gasteiger partial charge < -0.3 is 19.9 Å². The second-order valence-corrected chi connectivity index (χ2v) is 4.51. The summed E-state index contributed by atoms with van der Waals surface area (Å²) in [5.74, 6) is 0. The smallest absolute Gasteiger partial charge is 0.407 e. The third-order valence-electron chi connectivity index (χ3n) is 3.45. The number of hydrogen-bond acceptors (Lipinski definition) is 2. The minimum absolute atomic E-state index is 0.568. The number of aromatic nitrogens is 1. The molecular weight excluding hydrogens is 230 g/mol. The Balaban J connectivity index is 1.77. The number of benzene rings is 1. The fraction of sp³-hybridized carbons (Fsp3) is 0.308. The Morgan fingerprint density at radius 3 is 2.67 bits per heavy atom. The van der Waals surface area contributed by atoms with Crippen molar-refractivity contribution in [3.8, 4) is 0 Å². The maximum atomic E-state index is 10.8. The van der Waals surface area contributed by atoms with E-state index < -0.39 is 6.09 Å². The molecule has 0 atom stereocenters. The van der Waals surface area contributed by atoms with Crippen molar-refractivity contribution < 1.29 is 9.90 Å². The number of H-pyrrole nitrogens is 1. The number of hydrogen-bond donors (Lipinski definition) is 2. The Morgan fingerprint density at radius 1 is 1.17 bits per heavy atom. The van der Waals surface area contributed by atoms with Gasteiger partial charge in [0.1, 0.15) is 0 Å². The number of piperazine rings is 1. The molecule has 2 N–H and O–H groups in total. The van der Waals surface area contributed by atoms with Crippen LogP contribution in [0.1, 0.15) is 0 Å². The van der Waals surface area contributed by atoms with E-state index in [1.807, 2.05) is 12.3 Å². The molecule has 1 amide bonds. The van der Waals surface area contributed by atoms with E-state index in [9.17, 15) is 4.79 Å². The molecule has 1 aliphatic rings. The van der Waals surface area contributed by atoms with Gasteiger partial charge in [-0.05, 0) is 23.6 Å². The summed E-state index contributed by atoms with van der Waals surface area (Å²) >= 11 is 0. The third kappa shape index (κ3) is 1.88. The van der Waals surface area contributed by atoms with Crippen molar-refractivity contribution in [2.24, 2.45) is 0 Å². The number of aromatic amines is 1. The van der Waals surface area contributed by atoms with Crippen molar-refractivity contribution in [2.75, 3.05) is 31.1 Å². The Kier molecular flexibility index (Phi) is 2.59. The number of nitrogens with one attached hydrogen (secondary N) is 1. The minimum Gasteiger partial charge on any atom is -0.465 e. The van der Waals surface area contributed by atoms with E-state index in [1.165, 1.54) is 10.3 Å². The van der Waals surface area contributed by atoms with Gasteiger partial charge in [0.25, 0.3) is 0 Å². The van der Waals surface area contributed by atoms with Gasteiger partial charge in [0.2, 0.25) is 0 Å². The van der Waals surface area contributed by atoms with Gasteiger partial charge in [0.05, 0.1) is 0 Å². The van der Waals surface area contributed by atoms with Gasteiger partial charge in [-0.25, -0.2) is 4.79 Å². The number of carbonyl (C=O) groups is 1. The first-order valence-electron chi connectivity index (χ1n) is 6.04. The van der Waals surface area contributed by atoms with Gasteiger partial charge in [-0.1, -0.05) is 6.07 Å². The molecule has 1 aromatic carbocycles. The van der Waals surface area contributed by atoms with Crippen molar-refractivity contribution in [3.63, 3.8) is 0 Å². The SMILES string of the molecule is O=C(O)N1CCN(c2ccc3cc[nH]c3c2)CC1. The summed E-state index contributed by atoms with van der Waals surface area (Å²) < 4.78 is 0. The second-order valence-electron chi connectivity index (χ2n) is 4.51. The first-order valence-corrected chi connectivity index (χ1v) is 6.04. The zero-order chi connectivity index (χ0) is 12.5. The fourth-order valence-corrected chi connectivity index (χ4v) is 2.39. The van der Waals surface area contributed by atoms with E-state index in [4.69, 9.17) is 5.11 Å². The highest BCUT2D eigenvalue weighted by Crippen LogP contribution is 2.22. The molecule has 0 radical (unpaired) electrons. The zero-order valence-corrected chi connectivity index (χ0v) is 9.97. The van der Waals surface area contributed by atoms with Crippen LogP contribution in [-0.4, -0.2) is 47.3 Å². The maximum Gasteiger partial charge on any atom is 0.407 e. The highest BCUT2D eigenvalue weighted by Gasteiger charge is 2.20. The van der Waals surface area contributed by atoms with Crippen molar-refractivity contribution in [3.05, 3.63) is 30.5 Å². The normalized spacial score (nSPS) is 16.2. The molecule has 0 bridgehead atoms. The molecule has 5 heteroatoms. The quantitative estimate of drug-likeness (QED) is 0.807. The van der Waals surface area contributed by atoms with E-state index in [-0.39, 0.29) is 0 Å². The van der Waals surface area contributed by atoms with Crippen LogP contribution >= 0.6 is 0 Å². The van der Waals surface area contributed by atoms with Gasteiger partial charge in [-0.2, -0.15) is 0 Å². The summed E-state index contributed by atoms with van der Waals surface area (Å²) in [6, 6.07) is 8.34. The number of rotatable bonds is 1. The summed E-state index contributed by atoms with van der Waals surface area (Å²) in [6.45, 7) is 2.63. The number of fused-ring (bicyclic) bond motifs is 1. The van der Waals surface area contributed by atoms with E-state index in [0.29, 0.717) is 13.1 Å². The van der Waals surface area contributed by atoms with E-state index in [0.717, 1.165) is 24.3 Å². The molecule has 2 aromatic rings. The fourth-order valence-electron chi connectivity index (χ4n) is 2.39. The molecule has 1 fully saturated rings. The number of amides is 1. The Hall–Kier alpha value is -2.17. The summed E-state index contributed by atoms with van der Waals surface area (Å²) in [5, 5.41) is 10.1. The molecule has 3 rings (SSSR count). The lowest BCUT2D eigenvalue weighted by molar-refractivity contribution is 0.142. The number of carboxylic acid groups (broad SMARTS) is 1. The van der Waals surface area contributed by atoms with Crippen molar-refractivity contribution >= 4 is 22.7 Å². The van der Waals surface area contributed by atoms with Gasteiger partial charge in [-0.15, -0.1) is 0 Å². The molecule has 5 nitrogen and oxygen atoms in total. The van der Waals surface area contributed by atoms with Crippen LogP contribution in [0.15, 0.2) is 30.5 Å². The van der Waals surface area contributed by atoms with Crippen molar-refractivity contribution in [2.45, 2.75) is 0 Å². The van der Waals surface area contributed by atoms with Gasteiger partial charge >= 0.3 is 6.09 Å². The monoisotopic (exact) mass is 245 g/mol. The average Bonchev–Trinajstić information content (AvgIpc) is 2.86. The van der Waals surface area contributed by atoms with Gasteiger partial charge in [0, 0.05) is 43.6 Å². The van der Waals surface area contributed by atoms with E-state index in [2.05, 4.69) is 28.1 Å². The first-order chi connectivity index (χ1) is 8.74. The Bertz CT molecular complexity index is 570. The standard InChI is InChI=1S/C13H15N3O2/c17-13(18)16-7-5-15(6-8-16)11-2-1-10-3-4-14-12(10)9-11/h1-4,9,14H,5-8H2,(H,17,18). The predicted molar refractivity (Wildman–Crippen MR) is 70.1 cm³/mol. The minimum atomic E-state index is -0.825. The molecule has 2 heterocycles. The largest absolute Gasteiger partial charge is 0.465 e. The molecular formula is C13H15N3O2. The van der Waals surface area contributed by atoms with E-state index in [1.54, 1.807) is 0 Å². The van der Waals surface area contributed by atoms with Crippen LogP contribution in [0, 0.1) is 0 Å². The molecule has 0 aliphatic carbocycles. The molecule has 1 aliphatic heterocycles. The first kappa shape index (κ1) is 11.0. The lowest BCUT2D eigenvalue weighted by atomic mass is 10.2. The maximum absolute atomic E-state index is 10.8. The molecule has 0 unspecified atom stereocenters. The average molecular weight is 245 g/mol. The van der Waals surface area contributed by atoms with Crippen molar-refractivity contribution in [1.29, 1.82) is 0 Å². The molecule has 0 saturated carbocycles. The summed E-state index contributed by atoms with van der Waals surface area (Å²) in [6.07, 6.45) is 1.10. The molecule has 1 saturated heterocycles. The molecule has 94 valence electrons. The molecule has 18 heavy (non-hydrogen) atoms. The Morgan fingerprint density at radius 2 is 1.94 bits per heavy atom. The van der Waals surface area contributed by atoms with Crippen LogP contribution in [-0.2, 0) is 0 Å². The lowest BCUT2D eigenvalue weighted by Gasteiger charge is -2.34. The summed E-state index contributed by atoms with van der Waals surface area (Å²) in [7, 11) is 0. The van der Waals surface area contributed by atoms with Crippen LogP contribution in [0.2, 0.25) is 0 Å². The third-order valence-corrected chi connectivity index (χ3v) is 3.45. The van der Waals surface area contributed by atoms with Crippen molar-refractivity contribution in [1.82, 2.24) is 9.88 Å². The van der Waals surface area contributed by atoms with Crippen LogP contribution in [0.3, 0.4) is 0 Å². The van der Waals surface area contributed by atoms with Crippen LogP contribution in [0.4, 0.5) is 10.5 Å². The topological polar surface area (TPSA) is 59.6 Å². The highest BCUT2D eigenvalue weighted by atomic mass is 16.4. The highest BCUT2D eigenvalue weighted by molar-refractivity contribution is 5.83. The summed E-state index contributed by atoms with van der Waals surface area (Å²) in [5.41, 5.74) is 2.27. The predicted octanol–water partition coefficient (Wildman–Crippen LogP) is 1.97. The molecule has 1 aromatic heterocycles. The van der Waals surface area contributed by atoms with Gasteiger partial charge in [0.15, 0.2) is 0 Å². The van der Waals surface area contributed by atoms with Gasteiger partial charge in [-0.3, -0.25) is 0 Å². The zero-order valence-electron chi connectivity index (χ0n) is 9.97. The lowest BCUT2D eigenvalue weighted by Crippen LogP contribution is -2.48. The molecule has 0 spiro atoms. The van der Waals surface area contributed by atoms with Crippen LogP contribution in [0.5, 0.6) is 0 Å².